The molecule has 3 N–H and O–H groups in total. The minimum atomic E-state index is 0.374. The smallest absolute Gasteiger partial charge is 0.139 e. The number of hydrogen-bond acceptors (Lipinski definition) is 4. The Hall–Kier alpha value is -1.49. The second-order valence-corrected chi connectivity index (χ2v) is 4.40. The first-order valence-corrected chi connectivity index (χ1v) is 5.94. The standard InChI is InChI=1S/C12H11Cl2N3O/c13-9-2-3-11(10(14)5-9)18-7-8-1-4-12(17-15)16-6-8/h1-6H,7,15H2,(H,16,17). The van der Waals surface area contributed by atoms with E-state index in [1.165, 1.54) is 0 Å². The summed E-state index contributed by atoms with van der Waals surface area (Å²) in [6.07, 6.45) is 1.68. The number of nitrogen functional groups attached to an aromatic ring is 1. The molecule has 0 saturated carbocycles. The van der Waals surface area contributed by atoms with E-state index in [1.54, 1.807) is 30.5 Å². The lowest BCUT2D eigenvalue weighted by Crippen LogP contribution is -2.08. The van der Waals surface area contributed by atoms with Crippen LogP contribution in [-0.2, 0) is 6.61 Å². The van der Waals surface area contributed by atoms with E-state index in [0.717, 1.165) is 5.56 Å². The van der Waals surface area contributed by atoms with E-state index in [-0.39, 0.29) is 0 Å². The Morgan fingerprint density at radius 1 is 1.22 bits per heavy atom. The van der Waals surface area contributed by atoms with Gasteiger partial charge in [-0.25, -0.2) is 10.8 Å². The molecule has 94 valence electrons. The number of aromatic nitrogens is 1. The summed E-state index contributed by atoms with van der Waals surface area (Å²) in [4.78, 5) is 4.08. The highest BCUT2D eigenvalue weighted by Gasteiger charge is 2.03. The Morgan fingerprint density at radius 2 is 2.06 bits per heavy atom. The van der Waals surface area contributed by atoms with E-state index in [4.69, 9.17) is 33.8 Å². The van der Waals surface area contributed by atoms with Gasteiger partial charge in [0.15, 0.2) is 0 Å². The molecule has 0 unspecified atom stereocenters. The molecule has 0 saturated heterocycles. The molecule has 0 bridgehead atoms. The van der Waals surface area contributed by atoms with Crippen LogP contribution in [0.15, 0.2) is 36.5 Å². The van der Waals surface area contributed by atoms with Crippen molar-refractivity contribution in [2.45, 2.75) is 6.61 Å². The molecule has 0 amide bonds. The van der Waals surface area contributed by atoms with Gasteiger partial charge in [0.1, 0.15) is 18.2 Å². The first-order chi connectivity index (χ1) is 8.69. The summed E-state index contributed by atoms with van der Waals surface area (Å²) >= 11 is 11.8. The lowest BCUT2D eigenvalue weighted by Gasteiger charge is -2.08. The lowest BCUT2D eigenvalue weighted by molar-refractivity contribution is 0.306. The van der Waals surface area contributed by atoms with Crippen molar-refractivity contribution in [1.29, 1.82) is 0 Å². The molecule has 4 nitrogen and oxygen atoms in total. The minimum absolute atomic E-state index is 0.374. The van der Waals surface area contributed by atoms with Gasteiger partial charge in [0.2, 0.25) is 0 Å². The Balaban J connectivity index is 2.02. The number of halogens is 2. The highest BCUT2D eigenvalue weighted by Crippen LogP contribution is 2.28. The van der Waals surface area contributed by atoms with Crippen molar-refractivity contribution in [2.75, 3.05) is 5.43 Å². The summed E-state index contributed by atoms with van der Waals surface area (Å²) in [6, 6.07) is 8.72. The van der Waals surface area contributed by atoms with E-state index in [0.29, 0.717) is 28.2 Å². The molecule has 6 heteroatoms. The summed E-state index contributed by atoms with van der Waals surface area (Å²) in [5, 5.41) is 1.06. The van der Waals surface area contributed by atoms with Crippen molar-refractivity contribution >= 4 is 29.0 Å². The Kier molecular flexibility index (Phi) is 4.25. The number of anilines is 1. The van der Waals surface area contributed by atoms with Crippen LogP contribution in [0.1, 0.15) is 5.56 Å². The predicted octanol–water partition coefficient (Wildman–Crippen LogP) is 3.25. The second-order valence-electron chi connectivity index (χ2n) is 3.56. The molecule has 0 radical (unpaired) electrons. The number of nitrogens with zero attached hydrogens (tertiary/aromatic N) is 1. The van der Waals surface area contributed by atoms with E-state index < -0.39 is 0 Å². The molecule has 0 aliphatic rings. The van der Waals surface area contributed by atoms with E-state index in [2.05, 4.69) is 10.4 Å². The summed E-state index contributed by atoms with van der Waals surface area (Å²) in [5.41, 5.74) is 3.37. The van der Waals surface area contributed by atoms with Crippen molar-refractivity contribution in [2.24, 2.45) is 5.84 Å². The number of hydrogen-bond donors (Lipinski definition) is 2. The third-order valence-electron chi connectivity index (χ3n) is 2.26. The van der Waals surface area contributed by atoms with Crippen molar-refractivity contribution in [3.63, 3.8) is 0 Å². The van der Waals surface area contributed by atoms with Crippen LogP contribution in [0.25, 0.3) is 0 Å². The maximum Gasteiger partial charge on any atom is 0.139 e. The van der Waals surface area contributed by atoms with Crippen molar-refractivity contribution in [3.05, 3.63) is 52.1 Å². The van der Waals surface area contributed by atoms with Gasteiger partial charge in [-0.3, -0.25) is 0 Å². The number of pyridine rings is 1. The van der Waals surface area contributed by atoms with E-state index in [1.807, 2.05) is 6.07 Å². The van der Waals surface area contributed by atoms with E-state index >= 15 is 0 Å². The first kappa shape index (κ1) is 13.0. The summed E-state index contributed by atoms with van der Waals surface area (Å²) < 4.78 is 5.57. The average molecular weight is 284 g/mol. The van der Waals surface area contributed by atoms with Gasteiger partial charge in [0.05, 0.1) is 5.02 Å². The monoisotopic (exact) mass is 283 g/mol. The second kappa shape index (κ2) is 5.91. The Morgan fingerprint density at radius 3 is 2.67 bits per heavy atom. The molecule has 18 heavy (non-hydrogen) atoms. The maximum atomic E-state index is 5.99. The average Bonchev–Trinajstić information content (AvgIpc) is 2.38. The summed E-state index contributed by atoms with van der Waals surface area (Å²) in [5.74, 6) is 6.41. The normalized spacial score (nSPS) is 10.2. The molecule has 1 aromatic carbocycles. The highest BCUT2D eigenvalue weighted by molar-refractivity contribution is 6.35. The number of ether oxygens (including phenoxy) is 1. The van der Waals surface area contributed by atoms with Crippen LogP contribution in [-0.4, -0.2) is 4.98 Å². The molecule has 0 spiro atoms. The van der Waals surface area contributed by atoms with Gasteiger partial charge in [-0.1, -0.05) is 29.3 Å². The van der Waals surface area contributed by atoms with Gasteiger partial charge < -0.3 is 10.2 Å². The predicted molar refractivity (Wildman–Crippen MR) is 72.8 cm³/mol. The number of benzene rings is 1. The van der Waals surface area contributed by atoms with E-state index in [9.17, 15) is 0 Å². The first-order valence-electron chi connectivity index (χ1n) is 5.18. The van der Waals surface area contributed by atoms with Gasteiger partial charge in [-0.05, 0) is 24.3 Å². The molecule has 1 aromatic heterocycles. The number of rotatable bonds is 4. The van der Waals surface area contributed by atoms with Gasteiger partial charge in [0.25, 0.3) is 0 Å². The fourth-order valence-electron chi connectivity index (χ4n) is 1.35. The molecule has 2 rings (SSSR count). The molecule has 1 heterocycles. The zero-order valence-corrected chi connectivity index (χ0v) is 10.9. The lowest BCUT2D eigenvalue weighted by atomic mass is 10.3. The molecule has 2 aromatic rings. The Bertz CT molecular complexity index is 531. The minimum Gasteiger partial charge on any atom is -0.487 e. The van der Waals surface area contributed by atoms with Crippen LogP contribution < -0.4 is 16.0 Å². The third kappa shape index (κ3) is 3.26. The van der Waals surface area contributed by atoms with Crippen molar-refractivity contribution < 1.29 is 4.74 Å². The number of nitrogens with one attached hydrogen (secondary N) is 1. The summed E-state index contributed by atoms with van der Waals surface area (Å²) in [6.45, 7) is 0.374. The van der Waals surface area contributed by atoms with Crippen LogP contribution in [0.5, 0.6) is 5.75 Å². The molecule has 0 atom stereocenters. The quantitative estimate of drug-likeness (QED) is 0.668. The van der Waals surface area contributed by atoms with Gasteiger partial charge in [-0.15, -0.1) is 0 Å². The number of hydrazine groups is 1. The molecular weight excluding hydrogens is 273 g/mol. The third-order valence-corrected chi connectivity index (χ3v) is 2.79. The zero-order valence-electron chi connectivity index (χ0n) is 9.36. The van der Waals surface area contributed by atoms with Crippen molar-refractivity contribution in [3.8, 4) is 5.75 Å². The molecule has 0 aliphatic heterocycles. The topological polar surface area (TPSA) is 60.2 Å². The molecule has 0 aliphatic carbocycles. The molecule has 0 fully saturated rings. The Labute approximate surface area is 115 Å². The summed E-state index contributed by atoms with van der Waals surface area (Å²) in [7, 11) is 0. The van der Waals surface area contributed by atoms with Crippen LogP contribution in [0.4, 0.5) is 5.82 Å². The van der Waals surface area contributed by atoms with Crippen molar-refractivity contribution in [1.82, 2.24) is 4.98 Å². The SMILES string of the molecule is NNc1ccc(COc2ccc(Cl)cc2Cl)cn1. The molecular formula is C12H11Cl2N3O. The largest absolute Gasteiger partial charge is 0.487 e. The van der Waals surface area contributed by atoms with Gasteiger partial charge in [-0.2, -0.15) is 0 Å². The number of nitrogens with two attached hydrogens (primary N) is 1. The highest BCUT2D eigenvalue weighted by atomic mass is 35.5. The van der Waals surface area contributed by atoms with Gasteiger partial charge in [0, 0.05) is 16.8 Å². The van der Waals surface area contributed by atoms with Crippen LogP contribution in [0.3, 0.4) is 0 Å². The fourth-order valence-corrected chi connectivity index (χ4v) is 1.81. The van der Waals surface area contributed by atoms with Crippen LogP contribution in [0, 0.1) is 0 Å². The zero-order chi connectivity index (χ0) is 13.0. The maximum absolute atomic E-state index is 5.99. The van der Waals surface area contributed by atoms with Gasteiger partial charge >= 0.3 is 0 Å². The van der Waals surface area contributed by atoms with Crippen LogP contribution in [0.2, 0.25) is 10.0 Å². The van der Waals surface area contributed by atoms with Crippen LogP contribution >= 0.6 is 23.2 Å². The fraction of sp³-hybridized carbons (Fsp3) is 0.0833.